The summed E-state index contributed by atoms with van der Waals surface area (Å²) in [7, 11) is 0. The van der Waals surface area contributed by atoms with Crippen molar-refractivity contribution in [1.82, 2.24) is 4.90 Å². The number of carbonyl (C=O) groups is 1. The van der Waals surface area contributed by atoms with Crippen LogP contribution in [0.1, 0.15) is 48.5 Å². The average molecular weight is 305 g/mol. The van der Waals surface area contributed by atoms with Crippen molar-refractivity contribution >= 4 is 5.91 Å². The zero-order chi connectivity index (χ0) is 15.8. The van der Waals surface area contributed by atoms with Crippen LogP contribution in [0, 0.1) is 0 Å². The van der Waals surface area contributed by atoms with E-state index in [2.05, 4.69) is 19.1 Å². The summed E-state index contributed by atoms with van der Waals surface area (Å²) >= 11 is 0. The predicted molar refractivity (Wildman–Crippen MR) is 87.0 cm³/mol. The molecule has 4 nitrogen and oxygen atoms in total. The van der Waals surface area contributed by atoms with E-state index in [1.807, 2.05) is 17.0 Å². The fourth-order valence-corrected chi connectivity index (χ4v) is 2.83. The molecule has 0 saturated carbocycles. The molecule has 2 rings (SSSR count). The van der Waals surface area contributed by atoms with Crippen molar-refractivity contribution in [2.75, 3.05) is 26.3 Å². The second kappa shape index (κ2) is 8.91. The number of nitrogens with zero attached hydrogens (tertiary/aromatic N) is 1. The van der Waals surface area contributed by atoms with Gasteiger partial charge >= 0.3 is 0 Å². The van der Waals surface area contributed by atoms with Crippen LogP contribution in [-0.2, 0) is 11.2 Å². The number of hydrogen-bond acceptors (Lipinski definition) is 3. The van der Waals surface area contributed by atoms with Gasteiger partial charge in [-0.05, 0) is 43.4 Å². The Bertz CT molecular complexity index is 450. The third-order valence-electron chi connectivity index (χ3n) is 4.12. The molecule has 22 heavy (non-hydrogen) atoms. The Labute approximate surface area is 133 Å². The van der Waals surface area contributed by atoms with Gasteiger partial charge in [0.2, 0.25) is 0 Å². The Morgan fingerprint density at radius 3 is 2.55 bits per heavy atom. The second-order valence-electron chi connectivity index (χ2n) is 5.89. The van der Waals surface area contributed by atoms with Crippen LogP contribution in [0.2, 0.25) is 0 Å². The first-order valence-electron chi connectivity index (χ1n) is 8.35. The molecule has 1 N–H and O–H groups in total. The van der Waals surface area contributed by atoms with E-state index in [9.17, 15) is 4.79 Å². The lowest BCUT2D eigenvalue weighted by atomic mass is 10.0. The Balaban J connectivity index is 1.81. The van der Waals surface area contributed by atoms with Gasteiger partial charge in [0.05, 0.1) is 6.10 Å². The van der Waals surface area contributed by atoms with Gasteiger partial charge in [-0.1, -0.05) is 25.5 Å². The molecule has 0 atom stereocenters. The number of aliphatic hydroxyl groups is 1. The van der Waals surface area contributed by atoms with Crippen molar-refractivity contribution in [3.8, 4) is 0 Å². The molecule has 1 aliphatic rings. The van der Waals surface area contributed by atoms with Crippen LogP contribution < -0.4 is 0 Å². The summed E-state index contributed by atoms with van der Waals surface area (Å²) in [5.41, 5.74) is 2.06. The molecule has 0 aliphatic carbocycles. The highest BCUT2D eigenvalue weighted by atomic mass is 16.5. The van der Waals surface area contributed by atoms with E-state index in [1.165, 1.54) is 5.56 Å². The molecule has 1 heterocycles. The van der Waals surface area contributed by atoms with Crippen molar-refractivity contribution < 1.29 is 14.6 Å². The molecule has 1 aromatic rings. The highest BCUT2D eigenvalue weighted by molar-refractivity contribution is 5.94. The summed E-state index contributed by atoms with van der Waals surface area (Å²) in [6, 6.07) is 8.00. The number of likely N-dealkylation sites (tertiary alicyclic amines) is 1. The first-order chi connectivity index (χ1) is 10.7. The maximum Gasteiger partial charge on any atom is 0.253 e. The van der Waals surface area contributed by atoms with Gasteiger partial charge in [0.25, 0.3) is 5.91 Å². The summed E-state index contributed by atoms with van der Waals surface area (Å²) in [5, 5.41) is 8.76. The molecule has 1 fully saturated rings. The zero-order valence-corrected chi connectivity index (χ0v) is 13.5. The van der Waals surface area contributed by atoms with Gasteiger partial charge in [-0.25, -0.2) is 0 Å². The van der Waals surface area contributed by atoms with Crippen LogP contribution in [0.15, 0.2) is 24.3 Å². The molecule has 0 spiro atoms. The van der Waals surface area contributed by atoms with Gasteiger partial charge in [-0.2, -0.15) is 0 Å². The maximum atomic E-state index is 12.5. The van der Waals surface area contributed by atoms with Crippen LogP contribution in [0.25, 0.3) is 0 Å². The quantitative estimate of drug-likeness (QED) is 0.788. The number of benzene rings is 1. The Kier molecular flexibility index (Phi) is 6.87. The number of hydrogen-bond donors (Lipinski definition) is 1. The molecular weight excluding hydrogens is 278 g/mol. The van der Waals surface area contributed by atoms with Crippen molar-refractivity contribution in [3.05, 3.63) is 35.4 Å². The van der Waals surface area contributed by atoms with Gasteiger partial charge in [0.1, 0.15) is 0 Å². The summed E-state index contributed by atoms with van der Waals surface area (Å²) in [6.45, 7) is 4.43. The molecule has 0 radical (unpaired) electrons. The van der Waals surface area contributed by atoms with Crippen molar-refractivity contribution in [2.45, 2.75) is 45.1 Å². The minimum atomic E-state index is 0.122. The zero-order valence-electron chi connectivity index (χ0n) is 13.5. The molecule has 122 valence electrons. The van der Waals surface area contributed by atoms with Crippen LogP contribution in [0.4, 0.5) is 0 Å². The molecule has 1 aromatic carbocycles. The van der Waals surface area contributed by atoms with Crippen LogP contribution >= 0.6 is 0 Å². The van der Waals surface area contributed by atoms with Gasteiger partial charge in [0.15, 0.2) is 0 Å². The van der Waals surface area contributed by atoms with Gasteiger partial charge < -0.3 is 14.7 Å². The molecule has 1 aliphatic heterocycles. The van der Waals surface area contributed by atoms with E-state index in [0.717, 1.165) is 44.3 Å². The van der Waals surface area contributed by atoms with E-state index in [-0.39, 0.29) is 18.6 Å². The molecule has 0 aromatic heterocycles. The number of rotatable bonds is 7. The summed E-state index contributed by atoms with van der Waals surface area (Å²) < 4.78 is 5.70. The Morgan fingerprint density at radius 2 is 1.95 bits per heavy atom. The highest BCUT2D eigenvalue weighted by Crippen LogP contribution is 2.17. The fourth-order valence-electron chi connectivity index (χ4n) is 2.83. The largest absolute Gasteiger partial charge is 0.396 e. The first-order valence-corrected chi connectivity index (χ1v) is 8.35. The molecule has 4 heteroatoms. The molecule has 0 unspecified atom stereocenters. The third kappa shape index (κ3) is 4.82. The minimum Gasteiger partial charge on any atom is -0.396 e. The van der Waals surface area contributed by atoms with Gasteiger partial charge in [0, 0.05) is 31.9 Å². The van der Waals surface area contributed by atoms with Crippen LogP contribution in [0.5, 0.6) is 0 Å². The molecule has 1 saturated heterocycles. The first kappa shape index (κ1) is 17.0. The normalized spacial score (nSPS) is 16.0. The Hall–Kier alpha value is -1.39. The average Bonchev–Trinajstić information content (AvgIpc) is 2.56. The Morgan fingerprint density at radius 1 is 1.27 bits per heavy atom. The number of amides is 1. The number of piperidine rings is 1. The molecule has 1 amide bonds. The highest BCUT2D eigenvalue weighted by Gasteiger charge is 2.23. The van der Waals surface area contributed by atoms with E-state index < -0.39 is 0 Å². The third-order valence-corrected chi connectivity index (χ3v) is 4.12. The maximum absolute atomic E-state index is 12.5. The van der Waals surface area contributed by atoms with E-state index in [0.29, 0.717) is 13.0 Å². The number of aryl methyl sites for hydroxylation is 1. The van der Waals surface area contributed by atoms with E-state index in [4.69, 9.17) is 9.84 Å². The standard InChI is InChI=1S/C18H27NO3/c1-2-4-15-5-7-16(8-6-15)18(21)19-11-9-17(10-12-19)22-14-3-13-20/h5-8,17,20H,2-4,9-14H2,1H3. The fraction of sp³-hybridized carbons (Fsp3) is 0.611. The second-order valence-corrected chi connectivity index (χ2v) is 5.89. The van der Waals surface area contributed by atoms with E-state index >= 15 is 0 Å². The smallest absolute Gasteiger partial charge is 0.253 e. The SMILES string of the molecule is CCCc1ccc(C(=O)N2CCC(OCCCO)CC2)cc1. The number of aliphatic hydroxyl groups excluding tert-OH is 1. The molecular formula is C18H27NO3. The summed E-state index contributed by atoms with van der Waals surface area (Å²) in [4.78, 5) is 14.4. The predicted octanol–water partition coefficient (Wildman–Crippen LogP) is 2.64. The van der Waals surface area contributed by atoms with Gasteiger partial charge in [-0.3, -0.25) is 4.79 Å². The topological polar surface area (TPSA) is 49.8 Å². The number of ether oxygens (including phenoxy) is 1. The van der Waals surface area contributed by atoms with E-state index in [1.54, 1.807) is 0 Å². The lowest BCUT2D eigenvalue weighted by molar-refractivity contribution is 0.00397. The lowest BCUT2D eigenvalue weighted by Gasteiger charge is -2.32. The monoisotopic (exact) mass is 305 g/mol. The number of carbonyl (C=O) groups excluding carboxylic acids is 1. The van der Waals surface area contributed by atoms with Crippen molar-refractivity contribution in [3.63, 3.8) is 0 Å². The molecule has 0 bridgehead atoms. The summed E-state index contributed by atoms with van der Waals surface area (Å²) in [5.74, 6) is 0.122. The summed E-state index contributed by atoms with van der Waals surface area (Å²) in [6.07, 6.45) is 4.85. The lowest BCUT2D eigenvalue weighted by Crippen LogP contribution is -2.41. The van der Waals surface area contributed by atoms with Crippen molar-refractivity contribution in [2.24, 2.45) is 0 Å². The van der Waals surface area contributed by atoms with Gasteiger partial charge in [-0.15, -0.1) is 0 Å². The van der Waals surface area contributed by atoms with Crippen LogP contribution in [-0.4, -0.2) is 48.3 Å². The van der Waals surface area contributed by atoms with Crippen LogP contribution in [0.3, 0.4) is 0 Å². The minimum absolute atomic E-state index is 0.122. The van der Waals surface area contributed by atoms with Crippen molar-refractivity contribution in [1.29, 1.82) is 0 Å².